The van der Waals surface area contributed by atoms with Crippen LogP contribution < -0.4 is 18.9 Å². The van der Waals surface area contributed by atoms with Crippen LogP contribution in [0.4, 0.5) is 0 Å². The van der Waals surface area contributed by atoms with E-state index in [1.54, 1.807) is 6.20 Å². The molecule has 0 unspecified atom stereocenters. The number of aromatic nitrogens is 1. The monoisotopic (exact) mass is 412 g/mol. The summed E-state index contributed by atoms with van der Waals surface area (Å²) in [7, 11) is -0.799. The van der Waals surface area contributed by atoms with E-state index in [-0.39, 0.29) is 18.0 Å². The van der Waals surface area contributed by atoms with E-state index in [2.05, 4.69) is 21.5 Å². The fourth-order valence-corrected chi connectivity index (χ4v) is 3.56. The first kappa shape index (κ1) is 20.5. The third-order valence-electron chi connectivity index (χ3n) is 4.04. The van der Waals surface area contributed by atoms with Gasteiger partial charge in [-0.15, -0.1) is 0 Å². The van der Waals surface area contributed by atoms with Crippen LogP contribution in [0, 0.1) is 11.8 Å². The number of benzene rings is 2. The Morgan fingerprint density at radius 1 is 0.966 bits per heavy atom. The normalized spacial score (nSPS) is 10.8. The van der Waals surface area contributed by atoms with Crippen molar-refractivity contribution in [2.45, 2.75) is 4.90 Å². The maximum absolute atomic E-state index is 12.4. The molecule has 8 heteroatoms. The summed E-state index contributed by atoms with van der Waals surface area (Å²) >= 11 is 0. The average molecular weight is 412 g/mol. The molecule has 29 heavy (non-hydrogen) atoms. The number of para-hydroxylation sites is 1. The molecule has 1 N–H and O–H groups in total. The van der Waals surface area contributed by atoms with Crippen molar-refractivity contribution in [2.75, 3.05) is 27.4 Å². The first-order valence-electron chi connectivity index (χ1n) is 8.69. The number of nitrogens with zero attached hydrogens (tertiary/aromatic N) is 1. The third kappa shape index (κ3) is 4.96. The highest BCUT2D eigenvalue weighted by molar-refractivity contribution is 7.89. The Kier molecular flexibility index (Phi) is 6.54. The predicted octanol–water partition coefficient (Wildman–Crippen LogP) is 2.61. The zero-order chi connectivity index (χ0) is 20.7. The lowest BCUT2D eigenvalue weighted by molar-refractivity contribution is 0.354. The van der Waals surface area contributed by atoms with Gasteiger partial charge in [0.2, 0.25) is 10.0 Å². The lowest BCUT2D eigenvalue weighted by Gasteiger charge is -2.10. The molecule has 0 aliphatic heterocycles. The molecule has 150 valence electrons. The van der Waals surface area contributed by atoms with Gasteiger partial charge in [0.1, 0.15) is 17.9 Å². The van der Waals surface area contributed by atoms with Crippen LogP contribution in [-0.2, 0) is 10.0 Å². The Morgan fingerprint density at radius 3 is 2.55 bits per heavy atom. The quantitative estimate of drug-likeness (QED) is 0.601. The second kappa shape index (κ2) is 9.28. The molecule has 1 aromatic heterocycles. The summed E-state index contributed by atoms with van der Waals surface area (Å²) in [6.45, 7) is 0.0710. The van der Waals surface area contributed by atoms with Crippen LogP contribution in [0.1, 0.15) is 0 Å². The number of rotatable bonds is 7. The van der Waals surface area contributed by atoms with Gasteiger partial charge in [0.05, 0.1) is 25.7 Å². The molecule has 3 aromatic rings. The maximum Gasteiger partial charge on any atom is 0.241 e. The van der Waals surface area contributed by atoms with E-state index >= 15 is 0 Å². The Labute approximate surface area is 169 Å². The van der Waals surface area contributed by atoms with Crippen LogP contribution in [0.5, 0.6) is 17.2 Å². The zero-order valence-electron chi connectivity index (χ0n) is 16.0. The van der Waals surface area contributed by atoms with E-state index in [9.17, 15) is 8.42 Å². The highest BCUT2D eigenvalue weighted by atomic mass is 32.2. The summed E-state index contributed by atoms with van der Waals surface area (Å²) < 4.78 is 43.1. The number of fused-ring (bicyclic) bond motifs is 1. The van der Waals surface area contributed by atoms with E-state index in [1.165, 1.54) is 32.4 Å². The Morgan fingerprint density at radius 2 is 1.76 bits per heavy atom. The minimum absolute atomic E-state index is 0.0478. The standard InChI is InChI=1S/C21H20N2O5S/c1-26-18-11-10-17(15-20(18)27-2)29(24,25)23-13-3-4-14-28-19-9-5-7-16-8-6-12-22-21(16)19/h5-12,15,23H,13-14H2,1-2H3. The van der Waals surface area contributed by atoms with Crippen molar-refractivity contribution in [1.82, 2.24) is 9.71 Å². The van der Waals surface area contributed by atoms with Crippen molar-refractivity contribution in [1.29, 1.82) is 0 Å². The van der Waals surface area contributed by atoms with Crippen molar-refractivity contribution >= 4 is 20.9 Å². The van der Waals surface area contributed by atoms with Gasteiger partial charge in [0, 0.05) is 17.6 Å². The molecule has 0 aliphatic carbocycles. The molecule has 0 saturated heterocycles. The number of hydrogen-bond donors (Lipinski definition) is 1. The first-order valence-corrected chi connectivity index (χ1v) is 10.2. The molecule has 2 aromatic carbocycles. The van der Waals surface area contributed by atoms with Gasteiger partial charge in [-0.1, -0.05) is 30.0 Å². The third-order valence-corrected chi connectivity index (χ3v) is 5.44. The van der Waals surface area contributed by atoms with E-state index in [1.807, 2.05) is 30.3 Å². The van der Waals surface area contributed by atoms with Gasteiger partial charge in [-0.2, -0.15) is 4.72 Å². The number of hydrogen-bond acceptors (Lipinski definition) is 6. The summed E-state index contributed by atoms with van der Waals surface area (Å²) in [5.41, 5.74) is 0.756. The largest absolute Gasteiger partial charge is 0.493 e. The summed E-state index contributed by atoms with van der Waals surface area (Å²) in [4.78, 5) is 4.37. The molecular formula is C21H20N2O5S. The Hall–Kier alpha value is -3.28. The van der Waals surface area contributed by atoms with Crippen molar-refractivity contribution in [3.05, 3.63) is 54.7 Å². The van der Waals surface area contributed by atoms with Crippen molar-refractivity contribution in [3.63, 3.8) is 0 Å². The number of nitrogens with one attached hydrogen (secondary N) is 1. The van der Waals surface area contributed by atoms with Crippen molar-refractivity contribution in [2.24, 2.45) is 0 Å². The van der Waals surface area contributed by atoms with Crippen LogP contribution in [0.15, 0.2) is 59.6 Å². The topological polar surface area (TPSA) is 86.8 Å². The number of sulfonamides is 1. The zero-order valence-corrected chi connectivity index (χ0v) is 16.8. The van der Waals surface area contributed by atoms with Gasteiger partial charge in [0.25, 0.3) is 0 Å². The van der Waals surface area contributed by atoms with Gasteiger partial charge in [-0.05, 0) is 24.3 Å². The van der Waals surface area contributed by atoms with Crippen molar-refractivity contribution in [3.8, 4) is 29.1 Å². The Balaban J connectivity index is 1.58. The van der Waals surface area contributed by atoms with Crippen LogP contribution in [-0.4, -0.2) is 40.8 Å². The molecule has 3 rings (SSSR count). The first-order chi connectivity index (χ1) is 14.0. The van der Waals surface area contributed by atoms with Crippen LogP contribution in [0.25, 0.3) is 10.9 Å². The highest BCUT2D eigenvalue weighted by Crippen LogP contribution is 2.29. The smallest absolute Gasteiger partial charge is 0.241 e. The highest BCUT2D eigenvalue weighted by Gasteiger charge is 2.16. The summed E-state index contributed by atoms with van der Waals surface area (Å²) in [5, 5.41) is 0.973. The fraction of sp³-hybridized carbons (Fsp3) is 0.190. The average Bonchev–Trinajstić information content (AvgIpc) is 2.75. The molecule has 0 bridgehead atoms. The maximum atomic E-state index is 12.4. The van der Waals surface area contributed by atoms with E-state index < -0.39 is 10.0 Å². The molecule has 0 saturated carbocycles. The molecule has 0 aliphatic rings. The molecule has 0 atom stereocenters. The van der Waals surface area contributed by atoms with Gasteiger partial charge < -0.3 is 14.2 Å². The number of ether oxygens (including phenoxy) is 3. The Bertz CT molecular complexity index is 1160. The second-order valence-electron chi connectivity index (χ2n) is 5.81. The van der Waals surface area contributed by atoms with Crippen LogP contribution in [0.2, 0.25) is 0 Å². The number of pyridine rings is 1. The molecule has 0 spiro atoms. The van der Waals surface area contributed by atoms with E-state index in [4.69, 9.17) is 14.2 Å². The van der Waals surface area contributed by atoms with Gasteiger partial charge in [-0.25, -0.2) is 8.42 Å². The summed E-state index contributed by atoms with van der Waals surface area (Å²) in [6, 6.07) is 13.8. The molecule has 0 radical (unpaired) electrons. The lowest BCUT2D eigenvalue weighted by atomic mass is 10.2. The molecule has 0 amide bonds. The van der Waals surface area contributed by atoms with Gasteiger partial charge >= 0.3 is 0 Å². The summed E-state index contributed by atoms with van der Waals surface area (Å²) in [5.74, 6) is 6.94. The van der Waals surface area contributed by atoms with Gasteiger partial charge in [-0.3, -0.25) is 4.98 Å². The fourth-order valence-electron chi connectivity index (χ4n) is 2.62. The van der Waals surface area contributed by atoms with Crippen LogP contribution in [0.3, 0.4) is 0 Å². The molecule has 1 heterocycles. The minimum Gasteiger partial charge on any atom is -0.493 e. The van der Waals surface area contributed by atoms with Gasteiger partial charge in [0.15, 0.2) is 11.5 Å². The molecule has 7 nitrogen and oxygen atoms in total. The summed E-state index contributed by atoms with van der Waals surface area (Å²) in [6.07, 6.45) is 1.70. The second-order valence-corrected chi connectivity index (χ2v) is 7.58. The van der Waals surface area contributed by atoms with Crippen LogP contribution >= 0.6 is 0 Å². The van der Waals surface area contributed by atoms with Crippen molar-refractivity contribution < 1.29 is 22.6 Å². The molecular weight excluding hydrogens is 392 g/mol. The number of methoxy groups -OCH3 is 2. The predicted molar refractivity (Wildman–Crippen MR) is 110 cm³/mol. The minimum atomic E-state index is -3.72. The SMILES string of the molecule is COc1ccc(S(=O)(=O)NCC#CCOc2cccc3cccnc23)cc1OC. The van der Waals surface area contributed by atoms with E-state index in [0.29, 0.717) is 17.2 Å². The van der Waals surface area contributed by atoms with E-state index in [0.717, 1.165) is 10.9 Å². The molecule has 0 fully saturated rings. The lowest BCUT2D eigenvalue weighted by Crippen LogP contribution is -2.24.